The van der Waals surface area contributed by atoms with Crippen molar-refractivity contribution in [3.8, 4) is 0 Å². The number of nitrogens with one attached hydrogen (secondary N) is 1. The van der Waals surface area contributed by atoms with E-state index >= 15 is 0 Å². The fourth-order valence-corrected chi connectivity index (χ4v) is 1.64. The first-order valence-corrected chi connectivity index (χ1v) is 6.56. The Kier molecular flexibility index (Phi) is 10.3. The number of hydrogen-bond donors (Lipinski definition) is 1. The number of alkyl halides is 1. The summed E-state index contributed by atoms with van der Waals surface area (Å²) < 4.78 is 1.30. The van der Waals surface area contributed by atoms with Crippen molar-refractivity contribution in [2.75, 3.05) is 17.5 Å². The zero-order valence-corrected chi connectivity index (χ0v) is 10.6. The molecule has 0 saturated heterocycles. The summed E-state index contributed by atoms with van der Waals surface area (Å²) in [7, 11) is 0. The zero-order chi connectivity index (χ0) is 9.23. The van der Waals surface area contributed by atoms with Crippen LogP contribution >= 0.6 is 22.6 Å². The van der Waals surface area contributed by atoms with Crippen LogP contribution in [0.3, 0.4) is 0 Å². The first-order valence-electron chi connectivity index (χ1n) is 5.04. The molecule has 2 heteroatoms. The standard InChI is InChI=1S/C10H22IN/c1-10(2)6-5-9-12-8-4-3-7-11/h10,12H,3-9H2,1-2H3. The van der Waals surface area contributed by atoms with Gasteiger partial charge in [-0.25, -0.2) is 0 Å². The summed E-state index contributed by atoms with van der Waals surface area (Å²) in [4.78, 5) is 0. The summed E-state index contributed by atoms with van der Waals surface area (Å²) in [5, 5.41) is 3.47. The number of unbranched alkanes of at least 4 members (excludes halogenated alkanes) is 1. The molecule has 0 rings (SSSR count). The fourth-order valence-electron chi connectivity index (χ4n) is 1.10. The van der Waals surface area contributed by atoms with Crippen LogP contribution in [0.15, 0.2) is 0 Å². The van der Waals surface area contributed by atoms with Gasteiger partial charge in [0.25, 0.3) is 0 Å². The lowest BCUT2D eigenvalue weighted by Gasteiger charge is -2.05. The van der Waals surface area contributed by atoms with Crippen molar-refractivity contribution in [3.05, 3.63) is 0 Å². The first-order chi connectivity index (χ1) is 5.77. The van der Waals surface area contributed by atoms with E-state index in [-0.39, 0.29) is 0 Å². The average Bonchev–Trinajstić information content (AvgIpc) is 2.02. The molecule has 12 heavy (non-hydrogen) atoms. The maximum atomic E-state index is 3.47. The highest BCUT2D eigenvalue weighted by Crippen LogP contribution is 2.01. The Morgan fingerprint density at radius 3 is 2.33 bits per heavy atom. The third kappa shape index (κ3) is 10.7. The second-order valence-corrected chi connectivity index (χ2v) is 4.76. The van der Waals surface area contributed by atoms with E-state index in [2.05, 4.69) is 41.8 Å². The van der Waals surface area contributed by atoms with Crippen LogP contribution < -0.4 is 5.32 Å². The van der Waals surface area contributed by atoms with Crippen LogP contribution in [0.2, 0.25) is 0 Å². The van der Waals surface area contributed by atoms with E-state index in [4.69, 9.17) is 0 Å². The van der Waals surface area contributed by atoms with E-state index in [1.807, 2.05) is 0 Å². The van der Waals surface area contributed by atoms with Gasteiger partial charge in [-0.15, -0.1) is 0 Å². The zero-order valence-electron chi connectivity index (χ0n) is 8.41. The predicted molar refractivity (Wildman–Crippen MR) is 65.1 cm³/mol. The van der Waals surface area contributed by atoms with Gasteiger partial charge in [-0.1, -0.05) is 36.4 Å². The Balaban J connectivity index is 2.82. The van der Waals surface area contributed by atoms with Crippen molar-refractivity contribution in [2.45, 2.75) is 39.5 Å². The molecule has 0 saturated carbocycles. The van der Waals surface area contributed by atoms with E-state index in [0.29, 0.717) is 0 Å². The summed E-state index contributed by atoms with van der Waals surface area (Å²) >= 11 is 2.44. The SMILES string of the molecule is CC(C)CCCNCCCCI. The lowest BCUT2D eigenvalue weighted by Crippen LogP contribution is -2.17. The molecule has 0 atom stereocenters. The van der Waals surface area contributed by atoms with Gasteiger partial charge in [-0.05, 0) is 49.1 Å². The molecule has 0 aromatic carbocycles. The number of hydrogen-bond acceptors (Lipinski definition) is 1. The summed E-state index contributed by atoms with van der Waals surface area (Å²) in [6.45, 7) is 6.99. The monoisotopic (exact) mass is 283 g/mol. The number of rotatable bonds is 8. The van der Waals surface area contributed by atoms with E-state index in [9.17, 15) is 0 Å². The van der Waals surface area contributed by atoms with Crippen LogP contribution in [0.5, 0.6) is 0 Å². The van der Waals surface area contributed by atoms with Gasteiger partial charge in [-0.2, -0.15) is 0 Å². The molecule has 1 N–H and O–H groups in total. The van der Waals surface area contributed by atoms with Crippen molar-refractivity contribution in [3.63, 3.8) is 0 Å². The third-order valence-corrected chi connectivity index (χ3v) is 2.64. The van der Waals surface area contributed by atoms with Crippen LogP contribution in [0.1, 0.15) is 39.5 Å². The van der Waals surface area contributed by atoms with Crippen molar-refractivity contribution >= 4 is 22.6 Å². The maximum Gasteiger partial charge on any atom is -0.000426 e. The van der Waals surface area contributed by atoms with E-state index < -0.39 is 0 Å². The van der Waals surface area contributed by atoms with Crippen LogP contribution in [-0.2, 0) is 0 Å². The Morgan fingerprint density at radius 1 is 1.08 bits per heavy atom. The molecule has 74 valence electrons. The lowest BCUT2D eigenvalue weighted by atomic mass is 10.1. The Labute approximate surface area is 90.8 Å². The molecule has 0 heterocycles. The van der Waals surface area contributed by atoms with Gasteiger partial charge in [-0.3, -0.25) is 0 Å². The first kappa shape index (κ1) is 12.7. The second kappa shape index (κ2) is 9.78. The Morgan fingerprint density at radius 2 is 1.75 bits per heavy atom. The third-order valence-electron chi connectivity index (χ3n) is 1.87. The van der Waals surface area contributed by atoms with E-state index in [1.54, 1.807) is 0 Å². The molecule has 0 unspecified atom stereocenters. The molecule has 0 aliphatic rings. The number of halogens is 1. The smallest absolute Gasteiger partial charge is 0.000426 e. The van der Waals surface area contributed by atoms with Gasteiger partial charge >= 0.3 is 0 Å². The van der Waals surface area contributed by atoms with Crippen molar-refractivity contribution in [1.82, 2.24) is 5.32 Å². The van der Waals surface area contributed by atoms with Crippen LogP contribution in [0, 0.1) is 5.92 Å². The van der Waals surface area contributed by atoms with Gasteiger partial charge in [0.05, 0.1) is 0 Å². The molecule has 0 bridgehead atoms. The summed E-state index contributed by atoms with van der Waals surface area (Å²) in [5.41, 5.74) is 0. The molecular weight excluding hydrogens is 261 g/mol. The molecule has 0 aliphatic heterocycles. The topological polar surface area (TPSA) is 12.0 Å². The van der Waals surface area contributed by atoms with E-state index in [0.717, 1.165) is 5.92 Å². The minimum atomic E-state index is 0.862. The summed E-state index contributed by atoms with van der Waals surface area (Å²) in [6, 6.07) is 0. The van der Waals surface area contributed by atoms with Crippen LogP contribution in [0.4, 0.5) is 0 Å². The molecule has 0 aromatic heterocycles. The minimum absolute atomic E-state index is 0.862. The summed E-state index contributed by atoms with van der Waals surface area (Å²) in [6.07, 6.45) is 5.39. The molecule has 0 spiro atoms. The van der Waals surface area contributed by atoms with E-state index in [1.165, 1.54) is 43.2 Å². The Hall–Kier alpha value is 0.690. The fraction of sp³-hybridized carbons (Fsp3) is 1.00. The molecular formula is C10H22IN. The minimum Gasteiger partial charge on any atom is -0.317 e. The van der Waals surface area contributed by atoms with Gasteiger partial charge in [0, 0.05) is 0 Å². The van der Waals surface area contributed by atoms with Gasteiger partial charge in [0.2, 0.25) is 0 Å². The quantitative estimate of drug-likeness (QED) is 0.410. The molecule has 0 aromatic rings. The van der Waals surface area contributed by atoms with Crippen LogP contribution in [0.25, 0.3) is 0 Å². The normalized spacial score (nSPS) is 11.0. The van der Waals surface area contributed by atoms with Crippen molar-refractivity contribution in [1.29, 1.82) is 0 Å². The molecule has 0 fully saturated rings. The largest absolute Gasteiger partial charge is 0.317 e. The van der Waals surface area contributed by atoms with Gasteiger partial charge < -0.3 is 5.32 Å². The average molecular weight is 283 g/mol. The highest BCUT2D eigenvalue weighted by Gasteiger charge is 1.92. The molecule has 0 amide bonds. The molecule has 0 radical (unpaired) electrons. The van der Waals surface area contributed by atoms with Crippen LogP contribution in [-0.4, -0.2) is 17.5 Å². The second-order valence-electron chi connectivity index (χ2n) is 3.68. The molecule has 0 aliphatic carbocycles. The molecule has 1 nitrogen and oxygen atoms in total. The highest BCUT2D eigenvalue weighted by atomic mass is 127. The van der Waals surface area contributed by atoms with Crippen molar-refractivity contribution in [2.24, 2.45) is 5.92 Å². The maximum absolute atomic E-state index is 3.47. The predicted octanol–water partition coefficient (Wildman–Crippen LogP) is 3.23. The lowest BCUT2D eigenvalue weighted by molar-refractivity contribution is 0.523. The highest BCUT2D eigenvalue weighted by molar-refractivity contribution is 14.1. The summed E-state index contributed by atoms with van der Waals surface area (Å²) in [5.74, 6) is 0.862. The van der Waals surface area contributed by atoms with Gasteiger partial charge in [0.1, 0.15) is 0 Å². The van der Waals surface area contributed by atoms with Crippen molar-refractivity contribution < 1.29 is 0 Å². The van der Waals surface area contributed by atoms with Gasteiger partial charge in [0.15, 0.2) is 0 Å². The Bertz CT molecular complexity index is 83.9.